The number of imidazole rings is 1. The summed E-state index contributed by atoms with van der Waals surface area (Å²) in [7, 11) is 0. The van der Waals surface area contributed by atoms with Crippen LogP contribution in [0.2, 0.25) is 0 Å². The number of nitrogens with zero attached hydrogens (tertiary/aromatic N) is 2. The fourth-order valence-corrected chi connectivity index (χ4v) is 3.28. The van der Waals surface area contributed by atoms with Crippen molar-refractivity contribution >= 4 is 32.2 Å². The normalized spacial score (nSPS) is 13.0. The van der Waals surface area contributed by atoms with E-state index in [2.05, 4.69) is 20.9 Å². The Kier molecular flexibility index (Phi) is 3.20. The number of halogens is 1. The molecule has 0 bridgehead atoms. The van der Waals surface area contributed by atoms with Gasteiger partial charge in [-0.2, -0.15) is 0 Å². The number of hydrogen-bond donors (Lipinski definition) is 1. The van der Waals surface area contributed by atoms with Crippen molar-refractivity contribution in [3.05, 3.63) is 57.8 Å². The molecule has 2 aromatic heterocycles. The highest BCUT2D eigenvalue weighted by Crippen LogP contribution is 2.24. The van der Waals surface area contributed by atoms with E-state index >= 15 is 0 Å². The van der Waals surface area contributed by atoms with Gasteiger partial charge in [-0.25, -0.2) is 4.98 Å². The summed E-state index contributed by atoms with van der Waals surface area (Å²) in [5.74, 6) is 0. The topological polar surface area (TPSA) is 43.3 Å². The van der Waals surface area contributed by atoms with E-state index in [1.54, 1.807) is 11.3 Å². The Hall–Kier alpha value is -1.17. The SMILES string of the molecule is NC(Cc1cn2ccsc2n1)c1ccccc1Br. The summed E-state index contributed by atoms with van der Waals surface area (Å²) in [5, 5.41) is 2.03. The van der Waals surface area contributed by atoms with Gasteiger partial charge in [-0.15, -0.1) is 11.3 Å². The molecule has 0 aliphatic carbocycles. The predicted octanol–water partition coefficient (Wildman–Crippen LogP) is 3.40. The molecular weight excluding hydrogens is 310 g/mol. The molecule has 0 spiro atoms. The van der Waals surface area contributed by atoms with Crippen molar-refractivity contribution in [2.24, 2.45) is 5.73 Å². The molecule has 0 aliphatic heterocycles. The van der Waals surface area contributed by atoms with Gasteiger partial charge in [-0.05, 0) is 11.6 Å². The number of hydrogen-bond acceptors (Lipinski definition) is 3. The number of benzene rings is 1. The molecular formula is C13H12BrN3S. The molecule has 92 valence electrons. The maximum absolute atomic E-state index is 6.24. The van der Waals surface area contributed by atoms with E-state index < -0.39 is 0 Å². The Morgan fingerprint density at radius 1 is 1.39 bits per heavy atom. The van der Waals surface area contributed by atoms with Gasteiger partial charge in [0.05, 0.1) is 5.69 Å². The van der Waals surface area contributed by atoms with E-state index in [0.29, 0.717) is 0 Å². The Morgan fingerprint density at radius 2 is 2.22 bits per heavy atom. The molecule has 5 heteroatoms. The number of rotatable bonds is 3. The second-order valence-electron chi connectivity index (χ2n) is 4.16. The van der Waals surface area contributed by atoms with Gasteiger partial charge in [0.2, 0.25) is 0 Å². The quantitative estimate of drug-likeness (QED) is 0.803. The number of fused-ring (bicyclic) bond motifs is 1. The van der Waals surface area contributed by atoms with E-state index in [1.165, 1.54) is 0 Å². The minimum absolute atomic E-state index is 0.0369. The number of nitrogens with two attached hydrogens (primary N) is 1. The average Bonchev–Trinajstić information content (AvgIpc) is 2.90. The molecule has 0 saturated heterocycles. The largest absolute Gasteiger partial charge is 0.324 e. The van der Waals surface area contributed by atoms with Gasteiger partial charge in [-0.1, -0.05) is 34.1 Å². The van der Waals surface area contributed by atoms with Crippen LogP contribution in [0.1, 0.15) is 17.3 Å². The standard InChI is InChI=1S/C13H12BrN3S/c14-11-4-2-1-3-10(11)12(15)7-9-8-17-5-6-18-13(17)16-9/h1-6,8,12H,7,15H2. The maximum atomic E-state index is 6.24. The van der Waals surface area contributed by atoms with Gasteiger partial charge in [0.15, 0.2) is 4.96 Å². The van der Waals surface area contributed by atoms with Crippen LogP contribution in [0.4, 0.5) is 0 Å². The van der Waals surface area contributed by atoms with Crippen LogP contribution in [0.3, 0.4) is 0 Å². The van der Waals surface area contributed by atoms with E-state index in [1.807, 2.05) is 46.4 Å². The summed E-state index contributed by atoms with van der Waals surface area (Å²) >= 11 is 5.17. The molecule has 1 unspecified atom stereocenters. The molecule has 1 aromatic carbocycles. The molecule has 3 rings (SSSR count). The third-order valence-corrected chi connectivity index (χ3v) is 4.37. The van der Waals surface area contributed by atoms with Crippen molar-refractivity contribution in [2.45, 2.75) is 12.5 Å². The Morgan fingerprint density at radius 3 is 3.00 bits per heavy atom. The van der Waals surface area contributed by atoms with Crippen LogP contribution in [-0.4, -0.2) is 9.38 Å². The highest BCUT2D eigenvalue weighted by molar-refractivity contribution is 9.10. The maximum Gasteiger partial charge on any atom is 0.193 e. The summed E-state index contributed by atoms with van der Waals surface area (Å²) in [4.78, 5) is 5.57. The third kappa shape index (κ3) is 2.21. The Bertz CT molecular complexity index is 645. The first-order valence-corrected chi connectivity index (χ1v) is 7.32. The first-order chi connectivity index (χ1) is 8.74. The number of thiazole rings is 1. The third-order valence-electron chi connectivity index (χ3n) is 2.88. The lowest BCUT2D eigenvalue weighted by atomic mass is 10.0. The summed E-state index contributed by atoms with van der Waals surface area (Å²) in [6, 6.07) is 8.03. The lowest BCUT2D eigenvalue weighted by molar-refractivity contribution is 0.707. The predicted molar refractivity (Wildman–Crippen MR) is 77.8 cm³/mol. The lowest BCUT2D eigenvalue weighted by Crippen LogP contribution is -2.14. The van der Waals surface area contributed by atoms with Crippen molar-refractivity contribution in [1.82, 2.24) is 9.38 Å². The first-order valence-electron chi connectivity index (χ1n) is 5.65. The zero-order valence-corrected chi connectivity index (χ0v) is 12.0. The monoisotopic (exact) mass is 321 g/mol. The Labute approximate surface area is 117 Å². The van der Waals surface area contributed by atoms with Gasteiger partial charge in [0.25, 0.3) is 0 Å². The van der Waals surface area contributed by atoms with Crippen LogP contribution in [0.15, 0.2) is 46.5 Å². The van der Waals surface area contributed by atoms with Crippen molar-refractivity contribution in [3.63, 3.8) is 0 Å². The van der Waals surface area contributed by atoms with Crippen LogP contribution >= 0.6 is 27.3 Å². The molecule has 2 heterocycles. The van der Waals surface area contributed by atoms with Crippen LogP contribution < -0.4 is 5.73 Å². The smallest absolute Gasteiger partial charge is 0.193 e. The zero-order chi connectivity index (χ0) is 12.5. The van der Waals surface area contributed by atoms with Crippen LogP contribution in [0.5, 0.6) is 0 Å². The van der Waals surface area contributed by atoms with Crippen molar-refractivity contribution in [2.75, 3.05) is 0 Å². The fourth-order valence-electron chi connectivity index (χ4n) is 1.99. The van der Waals surface area contributed by atoms with Gasteiger partial charge in [0.1, 0.15) is 0 Å². The number of aromatic nitrogens is 2. The second-order valence-corrected chi connectivity index (χ2v) is 5.88. The minimum Gasteiger partial charge on any atom is -0.324 e. The van der Waals surface area contributed by atoms with Crippen LogP contribution in [0.25, 0.3) is 4.96 Å². The lowest BCUT2D eigenvalue weighted by Gasteiger charge is -2.12. The van der Waals surface area contributed by atoms with E-state index in [9.17, 15) is 0 Å². The highest BCUT2D eigenvalue weighted by Gasteiger charge is 2.12. The Balaban J connectivity index is 1.84. The molecule has 0 saturated carbocycles. The van der Waals surface area contributed by atoms with Crippen molar-refractivity contribution in [3.8, 4) is 0 Å². The highest BCUT2D eigenvalue weighted by atomic mass is 79.9. The molecule has 2 N–H and O–H groups in total. The molecule has 18 heavy (non-hydrogen) atoms. The second kappa shape index (κ2) is 4.84. The summed E-state index contributed by atoms with van der Waals surface area (Å²) in [5.41, 5.74) is 8.39. The summed E-state index contributed by atoms with van der Waals surface area (Å²) in [6.07, 6.45) is 4.81. The zero-order valence-electron chi connectivity index (χ0n) is 9.58. The van der Waals surface area contributed by atoms with E-state index in [0.717, 1.165) is 27.1 Å². The molecule has 0 amide bonds. The molecule has 0 fully saturated rings. The molecule has 1 atom stereocenters. The minimum atomic E-state index is -0.0369. The van der Waals surface area contributed by atoms with Gasteiger partial charge >= 0.3 is 0 Å². The molecule has 3 nitrogen and oxygen atoms in total. The first kappa shape index (κ1) is 11.9. The summed E-state index contributed by atoms with van der Waals surface area (Å²) < 4.78 is 3.09. The van der Waals surface area contributed by atoms with Gasteiger partial charge in [-0.3, -0.25) is 4.40 Å². The summed E-state index contributed by atoms with van der Waals surface area (Å²) in [6.45, 7) is 0. The van der Waals surface area contributed by atoms with Crippen LogP contribution in [0, 0.1) is 0 Å². The van der Waals surface area contributed by atoms with Gasteiger partial charge < -0.3 is 5.73 Å². The molecule has 0 aliphatic rings. The van der Waals surface area contributed by atoms with E-state index in [-0.39, 0.29) is 6.04 Å². The van der Waals surface area contributed by atoms with Crippen molar-refractivity contribution < 1.29 is 0 Å². The average molecular weight is 322 g/mol. The van der Waals surface area contributed by atoms with Crippen molar-refractivity contribution in [1.29, 1.82) is 0 Å². The van der Waals surface area contributed by atoms with E-state index in [4.69, 9.17) is 5.73 Å². The van der Waals surface area contributed by atoms with Crippen LogP contribution in [-0.2, 0) is 6.42 Å². The molecule has 3 aromatic rings. The fraction of sp³-hybridized carbons (Fsp3) is 0.154. The van der Waals surface area contributed by atoms with Gasteiger partial charge in [0, 0.05) is 34.7 Å². The molecule has 0 radical (unpaired) electrons.